The summed E-state index contributed by atoms with van der Waals surface area (Å²) in [5.74, 6) is 1.83. The first-order valence-electron chi connectivity index (χ1n) is 9.63. The Morgan fingerprint density at radius 1 is 1.07 bits per heavy atom. The minimum atomic E-state index is -0.459. The highest BCUT2D eigenvalue weighted by Crippen LogP contribution is 2.47. The molecule has 3 aromatic rings. The molecule has 0 radical (unpaired) electrons. The average molecular weight is 356 g/mol. The summed E-state index contributed by atoms with van der Waals surface area (Å²) < 4.78 is 12.2. The second-order valence-corrected chi connectivity index (χ2v) is 7.52. The van der Waals surface area contributed by atoms with E-state index in [2.05, 4.69) is 70.2 Å². The predicted octanol–water partition coefficient (Wildman–Crippen LogP) is 5.79. The number of rotatable bonds is 5. The first-order chi connectivity index (χ1) is 13.1. The van der Waals surface area contributed by atoms with Crippen molar-refractivity contribution in [3.8, 4) is 22.6 Å². The van der Waals surface area contributed by atoms with Crippen LogP contribution in [-0.2, 0) is 10.2 Å². The Kier molecular flexibility index (Phi) is 4.57. The second-order valence-electron chi connectivity index (χ2n) is 7.52. The first-order valence-corrected chi connectivity index (χ1v) is 9.63. The van der Waals surface area contributed by atoms with E-state index in [4.69, 9.17) is 9.47 Å². The Labute approximate surface area is 162 Å². The topological polar surface area (TPSA) is 18.5 Å². The fourth-order valence-electron chi connectivity index (χ4n) is 4.07. The van der Waals surface area contributed by atoms with Crippen LogP contribution in [0.4, 0.5) is 0 Å². The molecule has 4 rings (SSSR count). The lowest BCUT2D eigenvalue weighted by Crippen LogP contribution is -2.27. The zero-order valence-electron chi connectivity index (χ0n) is 16.5. The van der Waals surface area contributed by atoms with Gasteiger partial charge in [-0.05, 0) is 48.1 Å². The van der Waals surface area contributed by atoms with Crippen LogP contribution in [0.15, 0.2) is 66.2 Å². The van der Waals surface area contributed by atoms with E-state index in [0.717, 1.165) is 35.5 Å². The van der Waals surface area contributed by atoms with Crippen molar-refractivity contribution < 1.29 is 9.47 Å². The van der Waals surface area contributed by atoms with Crippen LogP contribution in [0.2, 0.25) is 0 Å². The molecule has 0 amide bonds. The molecule has 27 heavy (non-hydrogen) atoms. The molecule has 3 aromatic carbocycles. The van der Waals surface area contributed by atoms with Gasteiger partial charge in [-0.3, -0.25) is 0 Å². The molecule has 0 aromatic heterocycles. The van der Waals surface area contributed by atoms with Crippen molar-refractivity contribution in [2.45, 2.75) is 32.2 Å². The number of fused-ring (bicyclic) bond motifs is 2. The maximum Gasteiger partial charge on any atom is 0.154 e. The minimum absolute atomic E-state index is 0.459. The molecule has 136 valence electrons. The van der Waals surface area contributed by atoms with Crippen LogP contribution in [0.1, 0.15) is 32.3 Å². The van der Waals surface area contributed by atoms with E-state index in [1.807, 2.05) is 12.1 Å². The molecule has 0 bridgehead atoms. The Morgan fingerprint density at radius 3 is 2.59 bits per heavy atom. The summed E-state index contributed by atoms with van der Waals surface area (Å²) in [6.45, 7) is 4.38. The molecule has 0 saturated heterocycles. The van der Waals surface area contributed by atoms with Crippen molar-refractivity contribution in [3.05, 3.63) is 71.8 Å². The smallest absolute Gasteiger partial charge is 0.154 e. The van der Waals surface area contributed by atoms with E-state index in [1.54, 1.807) is 7.11 Å². The van der Waals surface area contributed by atoms with Crippen molar-refractivity contribution in [1.82, 2.24) is 0 Å². The van der Waals surface area contributed by atoms with Crippen LogP contribution in [-0.4, -0.2) is 15.0 Å². The third-order valence-corrected chi connectivity index (χ3v) is 5.52. The van der Waals surface area contributed by atoms with E-state index < -0.39 is 5.50 Å². The third kappa shape index (κ3) is 3.06. The molecule has 2 nitrogen and oxygen atoms in total. The van der Waals surface area contributed by atoms with Crippen molar-refractivity contribution in [2.24, 2.45) is 0 Å². The van der Waals surface area contributed by atoms with Crippen molar-refractivity contribution in [3.63, 3.8) is 0 Å². The molecule has 0 saturated carbocycles. The molecule has 1 unspecified atom stereocenters. The molecule has 1 aliphatic heterocycles. The van der Waals surface area contributed by atoms with Gasteiger partial charge >= 0.3 is 0 Å². The number of methoxy groups -OCH3 is 1. The molecule has 1 heterocycles. The van der Waals surface area contributed by atoms with E-state index in [-0.39, 0.29) is 0 Å². The second kappa shape index (κ2) is 6.90. The van der Waals surface area contributed by atoms with E-state index in [0.29, 0.717) is 0 Å². The maximum atomic E-state index is 6.21. The van der Waals surface area contributed by atoms with Crippen LogP contribution in [0.25, 0.3) is 21.9 Å². The summed E-state index contributed by atoms with van der Waals surface area (Å²) in [4.78, 5) is 0. The lowest BCUT2D eigenvalue weighted by atomic mass is 9.73. The number of benzene rings is 3. The van der Waals surface area contributed by atoms with Crippen molar-refractivity contribution in [1.29, 1.82) is 0 Å². The predicted molar refractivity (Wildman–Crippen MR) is 115 cm³/mol. The Bertz CT molecular complexity index is 1030. The molecular formula is C24H25BO2. The molecule has 0 aliphatic carbocycles. The van der Waals surface area contributed by atoms with Gasteiger partial charge in [-0.15, -0.1) is 0 Å². The number of hydrogen-bond donors (Lipinski definition) is 0. The zero-order chi connectivity index (χ0) is 19.0. The Morgan fingerprint density at radius 2 is 1.85 bits per heavy atom. The van der Waals surface area contributed by atoms with Crippen molar-refractivity contribution in [2.75, 3.05) is 7.11 Å². The SMILES string of the molecule is BC(C=C(C)CCC)(OC)c1ccc2c(c1)-c1cccc3cccc(c13)O2. The van der Waals surface area contributed by atoms with Gasteiger partial charge in [0.15, 0.2) is 7.85 Å². The highest BCUT2D eigenvalue weighted by atomic mass is 16.5. The fourth-order valence-corrected chi connectivity index (χ4v) is 4.07. The van der Waals surface area contributed by atoms with E-state index in [9.17, 15) is 0 Å². The average Bonchev–Trinajstić information content (AvgIpc) is 2.68. The quantitative estimate of drug-likeness (QED) is 0.333. The molecular weight excluding hydrogens is 331 g/mol. The van der Waals surface area contributed by atoms with Crippen molar-refractivity contribution >= 4 is 18.6 Å². The van der Waals surface area contributed by atoms with Crippen LogP contribution >= 0.6 is 0 Å². The molecule has 1 atom stereocenters. The summed E-state index contributed by atoms with van der Waals surface area (Å²) in [6, 6.07) is 19.1. The summed E-state index contributed by atoms with van der Waals surface area (Å²) in [5.41, 5.74) is 4.38. The Balaban J connectivity index is 1.87. The van der Waals surface area contributed by atoms with Gasteiger partial charge in [0.25, 0.3) is 0 Å². The summed E-state index contributed by atoms with van der Waals surface area (Å²) in [7, 11) is 3.91. The van der Waals surface area contributed by atoms with Gasteiger partial charge in [-0.1, -0.05) is 61.4 Å². The normalized spacial score (nSPS) is 15.1. The summed E-state index contributed by atoms with van der Waals surface area (Å²) in [6.07, 6.45) is 4.47. The third-order valence-electron chi connectivity index (χ3n) is 5.52. The molecule has 0 fully saturated rings. The van der Waals surface area contributed by atoms with Gasteiger partial charge in [-0.2, -0.15) is 0 Å². The van der Waals surface area contributed by atoms with Crippen LogP contribution < -0.4 is 4.74 Å². The standard InChI is InChI=1S/C24H25BO2/c1-4-7-16(2)15-24(25,26-3)18-12-13-21-20(14-18)19-10-5-8-17-9-6-11-22(27-21)23(17)19/h5-6,8-15H,4,7,25H2,1-3H3. The highest BCUT2D eigenvalue weighted by molar-refractivity contribution is 6.16. The van der Waals surface area contributed by atoms with Crippen LogP contribution in [0.3, 0.4) is 0 Å². The van der Waals surface area contributed by atoms with E-state index >= 15 is 0 Å². The van der Waals surface area contributed by atoms with Gasteiger partial charge in [-0.25, -0.2) is 0 Å². The largest absolute Gasteiger partial charge is 0.456 e. The maximum absolute atomic E-state index is 6.21. The van der Waals surface area contributed by atoms with Gasteiger partial charge in [0.2, 0.25) is 0 Å². The fraction of sp³-hybridized carbons (Fsp3) is 0.250. The minimum Gasteiger partial charge on any atom is -0.456 e. The number of hydrogen-bond acceptors (Lipinski definition) is 2. The lowest BCUT2D eigenvalue weighted by Gasteiger charge is -2.29. The molecule has 0 N–H and O–H groups in total. The van der Waals surface area contributed by atoms with Crippen LogP contribution in [0, 0.1) is 0 Å². The zero-order valence-corrected chi connectivity index (χ0v) is 16.5. The van der Waals surface area contributed by atoms with Gasteiger partial charge in [0.05, 0.1) is 5.50 Å². The Hall–Kier alpha value is -2.52. The lowest BCUT2D eigenvalue weighted by molar-refractivity contribution is 0.102. The highest BCUT2D eigenvalue weighted by Gasteiger charge is 2.27. The first kappa shape index (κ1) is 17.9. The van der Waals surface area contributed by atoms with Gasteiger partial charge in [0, 0.05) is 18.1 Å². The summed E-state index contributed by atoms with van der Waals surface area (Å²) >= 11 is 0. The monoisotopic (exact) mass is 356 g/mol. The van der Waals surface area contributed by atoms with Gasteiger partial charge in [0.1, 0.15) is 11.5 Å². The van der Waals surface area contributed by atoms with Crippen LogP contribution in [0.5, 0.6) is 11.5 Å². The molecule has 0 spiro atoms. The summed E-state index contributed by atoms with van der Waals surface area (Å²) in [5, 5.41) is 2.38. The van der Waals surface area contributed by atoms with Gasteiger partial charge < -0.3 is 9.47 Å². The molecule has 3 heteroatoms. The number of ether oxygens (including phenoxy) is 2. The molecule has 1 aliphatic rings. The number of allylic oxidation sites excluding steroid dienone is 1. The van der Waals surface area contributed by atoms with E-state index in [1.165, 1.54) is 21.9 Å².